The molecule has 0 aliphatic heterocycles. The number of nitrogens with zero attached hydrogens (tertiary/aromatic N) is 4. The SMILES string of the molecule is COCC(=O)N[C@@H](C)[C@@H](C)Oc1ccc2c(cnn2-c2ncccn2)c1. The minimum atomic E-state index is -0.208. The highest BCUT2D eigenvalue weighted by atomic mass is 16.5. The second kappa shape index (κ2) is 7.92. The number of nitrogens with one attached hydrogen (secondary N) is 1. The second-order valence-corrected chi connectivity index (χ2v) is 5.94. The number of carbonyl (C=O) groups excluding carboxylic acids is 1. The molecule has 1 N–H and O–H groups in total. The van der Waals surface area contributed by atoms with Crippen LogP contribution in [0.15, 0.2) is 42.9 Å². The molecule has 2 heterocycles. The molecule has 0 unspecified atom stereocenters. The van der Waals surface area contributed by atoms with Gasteiger partial charge >= 0.3 is 0 Å². The van der Waals surface area contributed by atoms with Gasteiger partial charge in [-0.2, -0.15) is 9.78 Å². The maximum atomic E-state index is 11.6. The van der Waals surface area contributed by atoms with Gasteiger partial charge in [-0.15, -0.1) is 0 Å². The highest BCUT2D eigenvalue weighted by Gasteiger charge is 2.17. The van der Waals surface area contributed by atoms with E-state index in [4.69, 9.17) is 9.47 Å². The van der Waals surface area contributed by atoms with Crippen LogP contribution in [0.3, 0.4) is 0 Å². The Bertz CT molecular complexity index is 881. The lowest BCUT2D eigenvalue weighted by Gasteiger charge is -2.22. The van der Waals surface area contributed by atoms with E-state index in [1.165, 1.54) is 7.11 Å². The summed E-state index contributed by atoms with van der Waals surface area (Å²) in [6.07, 6.45) is 4.89. The van der Waals surface area contributed by atoms with E-state index in [9.17, 15) is 4.79 Å². The average Bonchev–Trinajstić information content (AvgIpc) is 3.05. The van der Waals surface area contributed by atoms with Gasteiger partial charge < -0.3 is 14.8 Å². The molecule has 3 rings (SSSR count). The second-order valence-electron chi connectivity index (χ2n) is 5.94. The van der Waals surface area contributed by atoms with Crippen molar-refractivity contribution in [2.45, 2.75) is 26.0 Å². The maximum absolute atomic E-state index is 11.6. The fourth-order valence-electron chi connectivity index (χ4n) is 2.51. The van der Waals surface area contributed by atoms with Gasteiger partial charge in [-0.25, -0.2) is 9.97 Å². The summed E-state index contributed by atoms with van der Waals surface area (Å²) in [5.41, 5.74) is 0.887. The fourth-order valence-corrected chi connectivity index (χ4v) is 2.51. The molecule has 8 nitrogen and oxygen atoms in total. The number of fused-ring (bicyclic) bond motifs is 1. The predicted molar refractivity (Wildman–Crippen MR) is 96.2 cm³/mol. The van der Waals surface area contributed by atoms with Crippen molar-refractivity contribution in [3.63, 3.8) is 0 Å². The Kier molecular flexibility index (Phi) is 5.43. The zero-order valence-corrected chi connectivity index (χ0v) is 14.9. The topological polar surface area (TPSA) is 91.2 Å². The van der Waals surface area contributed by atoms with Gasteiger partial charge in [0.25, 0.3) is 5.95 Å². The van der Waals surface area contributed by atoms with Crippen molar-refractivity contribution in [3.8, 4) is 11.7 Å². The number of aromatic nitrogens is 4. The number of methoxy groups -OCH3 is 1. The number of benzene rings is 1. The molecule has 0 spiro atoms. The number of hydrogen-bond donors (Lipinski definition) is 1. The molecule has 1 aromatic carbocycles. The number of hydrogen-bond acceptors (Lipinski definition) is 6. The molecule has 0 fully saturated rings. The molecule has 0 bridgehead atoms. The summed E-state index contributed by atoms with van der Waals surface area (Å²) in [4.78, 5) is 20.0. The normalized spacial score (nSPS) is 13.3. The Morgan fingerprint density at radius 1 is 1.27 bits per heavy atom. The molecular weight excluding hydrogens is 334 g/mol. The van der Waals surface area contributed by atoms with Gasteiger partial charge in [0, 0.05) is 24.9 Å². The minimum Gasteiger partial charge on any atom is -0.489 e. The number of amides is 1. The van der Waals surface area contributed by atoms with E-state index in [0.29, 0.717) is 11.7 Å². The van der Waals surface area contributed by atoms with Gasteiger partial charge in [-0.05, 0) is 38.1 Å². The Balaban J connectivity index is 1.73. The third-order valence-electron chi connectivity index (χ3n) is 3.97. The summed E-state index contributed by atoms with van der Waals surface area (Å²) >= 11 is 0. The third kappa shape index (κ3) is 3.97. The molecule has 0 aliphatic carbocycles. The van der Waals surface area contributed by atoms with Crippen LogP contribution >= 0.6 is 0 Å². The van der Waals surface area contributed by atoms with Crippen molar-refractivity contribution >= 4 is 16.8 Å². The summed E-state index contributed by atoms with van der Waals surface area (Å²) in [5, 5.41) is 8.10. The van der Waals surface area contributed by atoms with Crippen molar-refractivity contribution in [2.24, 2.45) is 0 Å². The van der Waals surface area contributed by atoms with Gasteiger partial charge in [0.1, 0.15) is 18.5 Å². The van der Waals surface area contributed by atoms with Gasteiger partial charge in [0.05, 0.1) is 17.8 Å². The molecule has 0 radical (unpaired) electrons. The van der Waals surface area contributed by atoms with E-state index in [1.54, 1.807) is 29.3 Å². The van der Waals surface area contributed by atoms with Crippen LogP contribution in [-0.2, 0) is 9.53 Å². The third-order valence-corrected chi connectivity index (χ3v) is 3.97. The Hall–Kier alpha value is -3.00. The van der Waals surface area contributed by atoms with Crippen LogP contribution in [0.1, 0.15) is 13.8 Å². The first-order chi connectivity index (χ1) is 12.6. The molecule has 3 aromatic rings. The molecule has 0 aliphatic rings. The van der Waals surface area contributed by atoms with Crippen molar-refractivity contribution in [1.82, 2.24) is 25.1 Å². The van der Waals surface area contributed by atoms with Gasteiger partial charge in [0.2, 0.25) is 5.91 Å². The van der Waals surface area contributed by atoms with Crippen LogP contribution in [0.25, 0.3) is 16.9 Å². The highest BCUT2D eigenvalue weighted by molar-refractivity contribution is 5.81. The van der Waals surface area contributed by atoms with Crippen LogP contribution in [0.5, 0.6) is 5.75 Å². The first-order valence-corrected chi connectivity index (χ1v) is 8.28. The van der Waals surface area contributed by atoms with E-state index in [0.717, 1.165) is 10.9 Å². The van der Waals surface area contributed by atoms with Crippen LogP contribution in [-0.4, -0.2) is 51.5 Å². The quantitative estimate of drug-likeness (QED) is 0.694. The lowest BCUT2D eigenvalue weighted by Crippen LogP contribution is -2.43. The largest absolute Gasteiger partial charge is 0.489 e. The molecule has 26 heavy (non-hydrogen) atoms. The van der Waals surface area contributed by atoms with Crippen LogP contribution < -0.4 is 10.1 Å². The zero-order chi connectivity index (χ0) is 18.5. The molecule has 2 atom stereocenters. The number of ether oxygens (including phenoxy) is 2. The zero-order valence-electron chi connectivity index (χ0n) is 14.9. The van der Waals surface area contributed by atoms with Crippen LogP contribution in [0, 0.1) is 0 Å². The molecule has 0 saturated heterocycles. The summed E-state index contributed by atoms with van der Waals surface area (Å²) in [6.45, 7) is 3.83. The summed E-state index contributed by atoms with van der Waals surface area (Å²) in [5.74, 6) is 1.04. The Labute approximate surface area is 151 Å². The molecule has 8 heteroatoms. The van der Waals surface area contributed by atoms with Gasteiger partial charge in [0.15, 0.2) is 0 Å². The lowest BCUT2D eigenvalue weighted by molar-refractivity contribution is -0.125. The molecule has 0 saturated carbocycles. The first-order valence-electron chi connectivity index (χ1n) is 8.28. The molecule has 136 valence electrons. The summed E-state index contributed by atoms with van der Waals surface area (Å²) in [6, 6.07) is 7.28. The minimum absolute atomic E-state index is 0.0315. The van der Waals surface area contributed by atoms with Crippen molar-refractivity contribution in [3.05, 3.63) is 42.9 Å². The summed E-state index contributed by atoms with van der Waals surface area (Å²) < 4.78 is 12.4. The van der Waals surface area contributed by atoms with Gasteiger partial charge in [-0.3, -0.25) is 4.79 Å². The number of carbonyl (C=O) groups is 1. The molecule has 2 aromatic heterocycles. The number of rotatable bonds is 7. The molecule has 1 amide bonds. The van der Waals surface area contributed by atoms with E-state index < -0.39 is 0 Å². The Morgan fingerprint density at radius 3 is 2.77 bits per heavy atom. The lowest BCUT2D eigenvalue weighted by atomic mass is 10.2. The first kappa shape index (κ1) is 17.8. The highest BCUT2D eigenvalue weighted by Crippen LogP contribution is 2.23. The predicted octanol–water partition coefficient (Wildman–Crippen LogP) is 1.73. The maximum Gasteiger partial charge on any atom is 0.251 e. The van der Waals surface area contributed by atoms with Crippen molar-refractivity contribution < 1.29 is 14.3 Å². The molecular formula is C18H21N5O3. The van der Waals surface area contributed by atoms with Crippen LogP contribution in [0.4, 0.5) is 0 Å². The van der Waals surface area contributed by atoms with E-state index in [2.05, 4.69) is 20.4 Å². The van der Waals surface area contributed by atoms with Crippen molar-refractivity contribution in [2.75, 3.05) is 13.7 Å². The fraction of sp³-hybridized carbons (Fsp3) is 0.333. The average molecular weight is 355 g/mol. The van der Waals surface area contributed by atoms with Gasteiger partial charge in [-0.1, -0.05) is 0 Å². The monoisotopic (exact) mass is 355 g/mol. The van der Waals surface area contributed by atoms with Crippen molar-refractivity contribution in [1.29, 1.82) is 0 Å². The van der Waals surface area contributed by atoms with E-state index in [1.807, 2.05) is 32.0 Å². The van der Waals surface area contributed by atoms with Crippen LogP contribution in [0.2, 0.25) is 0 Å². The summed E-state index contributed by atoms with van der Waals surface area (Å²) in [7, 11) is 1.49. The smallest absolute Gasteiger partial charge is 0.251 e. The Morgan fingerprint density at radius 2 is 2.04 bits per heavy atom. The van der Waals surface area contributed by atoms with E-state index in [-0.39, 0.29) is 24.7 Å². The van der Waals surface area contributed by atoms with E-state index >= 15 is 0 Å². The standard InChI is InChI=1S/C18H21N5O3/c1-12(22-17(24)11-25-3)13(2)26-15-5-6-16-14(9-15)10-21-23(16)18-19-7-4-8-20-18/h4-10,12-13H,11H2,1-3H3,(H,22,24)/t12-,13+/m0/s1.